The van der Waals surface area contributed by atoms with Crippen molar-refractivity contribution in [2.45, 2.75) is 18.9 Å². The number of hydrogen-bond donors (Lipinski definition) is 1. The highest BCUT2D eigenvalue weighted by atomic mass is 32.2. The topological polar surface area (TPSA) is 80.5 Å². The fourth-order valence-corrected chi connectivity index (χ4v) is 4.49. The number of amides is 1. The molecule has 0 spiro atoms. The van der Waals surface area contributed by atoms with Crippen molar-refractivity contribution < 1.29 is 13.2 Å². The first kappa shape index (κ1) is 16.0. The quantitative estimate of drug-likeness (QED) is 0.856. The van der Waals surface area contributed by atoms with Gasteiger partial charge in [0.1, 0.15) is 0 Å². The Kier molecular flexibility index (Phi) is 5.00. The van der Waals surface area contributed by atoms with E-state index in [0.717, 1.165) is 5.56 Å². The van der Waals surface area contributed by atoms with Crippen molar-refractivity contribution in [2.75, 3.05) is 25.1 Å². The van der Waals surface area contributed by atoms with Crippen molar-refractivity contribution in [3.63, 3.8) is 0 Å². The maximum atomic E-state index is 12.5. The van der Waals surface area contributed by atoms with Gasteiger partial charge in [0.05, 0.1) is 17.4 Å². The standard InChI is InChI=1S/C15H22N2O3S/c1-17(14-7-8-21(19,20)11-14)15(18)13(10-16)9-12-5-3-2-4-6-12/h2-6,13-14H,7-11,16H2,1H3. The third-order valence-corrected chi connectivity index (χ3v) is 5.81. The van der Waals surface area contributed by atoms with E-state index in [0.29, 0.717) is 12.8 Å². The predicted octanol–water partition coefficient (Wildman–Crippen LogP) is 0.449. The highest BCUT2D eigenvalue weighted by Crippen LogP contribution is 2.19. The number of carbonyl (C=O) groups is 1. The lowest BCUT2D eigenvalue weighted by atomic mass is 9.97. The highest BCUT2D eigenvalue weighted by molar-refractivity contribution is 7.91. The summed E-state index contributed by atoms with van der Waals surface area (Å²) in [5, 5.41) is 0. The minimum atomic E-state index is -2.99. The van der Waals surface area contributed by atoms with E-state index in [1.165, 1.54) is 0 Å². The van der Waals surface area contributed by atoms with Crippen LogP contribution in [0.25, 0.3) is 0 Å². The van der Waals surface area contributed by atoms with Gasteiger partial charge in [-0.05, 0) is 18.4 Å². The maximum Gasteiger partial charge on any atom is 0.227 e. The summed E-state index contributed by atoms with van der Waals surface area (Å²) in [5.41, 5.74) is 6.81. The van der Waals surface area contributed by atoms with Gasteiger partial charge in [-0.25, -0.2) is 8.42 Å². The Bertz CT molecular complexity index is 586. The summed E-state index contributed by atoms with van der Waals surface area (Å²) in [4.78, 5) is 14.1. The van der Waals surface area contributed by atoms with Crippen molar-refractivity contribution >= 4 is 15.7 Å². The predicted molar refractivity (Wildman–Crippen MR) is 82.5 cm³/mol. The van der Waals surface area contributed by atoms with Gasteiger partial charge >= 0.3 is 0 Å². The molecular weight excluding hydrogens is 288 g/mol. The van der Waals surface area contributed by atoms with Crippen LogP contribution in [0.3, 0.4) is 0 Å². The molecule has 2 atom stereocenters. The van der Waals surface area contributed by atoms with Gasteiger partial charge in [-0.2, -0.15) is 0 Å². The fraction of sp³-hybridized carbons (Fsp3) is 0.533. The van der Waals surface area contributed by atoms with Crippen molar-refractivity contribution in [1.29, 1.82) is 0 Å². The highest BCUT2D eigenvalue weighted by Gasteiger charge is 2.34. The van der Waals surface area contributed by atoms with Crippen molar-refractivity contribution in [3.05, 3.63) is 35.9 Å². The number of carbonyl (C=O) groups excluding carboxylic acids is 1. The lowest BCUT2D eigenvalue weighted by Gasteiger charge is -2.27. The summed E-state index contributed by atoms with van der Waals surface area (Å²) in [7, 11) is -1.31. The lowest BCUT2D eigenvalue weighted by molar-refractivity contribution is -0.135. The number of nitrogens with zero attached hydrogens (tertiary/aromatic N) is 1. The first-order valence-electron chi connectivity index (χ1n) is 7.14. The molecule has 1 heterocycles. The molecule has 2 rings (SSSR count). The Hall–Kier alpha value is -1.40. The molecule has 1 aliphatic rings. The van der Waals surface area contributed by atoms with E-state index < -0.39 is 9.84 Å². The smallest absolute Gasteiger partial charge is 0.227 e. The molecule has 116 valence electrons. The molecule has 0 bridgehead atoms. The average molecular weight is 310 g/mol. The second-order valence-corrected chi connectivity index (χ2v) is 7.86. The number of hydrogen-bond acceptors (Lipinski definition) is 4. The van der Waals surface area contributed by atoms with E-state index >= 15 is 0 Å². The van der Waals surface area contributed by atoms with E-state index in [-0.39, 0.29) is 35.9 Å². The van der Waals surface area contributed by atoms with Gasteiger partial charge in [-0.3, -0.25) is 4.79 Å². The zero-order valence-corrected chi connectivity index (χ0v) is 13.1. The van der Waals surface area contributed by atoms with Crippen LogP contribution in [0.4, 0.5) is 0 Å². The summed E-state index contributed by atoms with van der Waals surface area (Å²) >= 11 is 0. The molecule has 1 aliphatic heterocycles. The Labute approximate surface area is 126 Å². The Morgan fingerprint density at radius 2 is 2.05 bits per heavy atom. The summed E-state index contributed by atoms with van der Waals surface area (Å²) in [6.07, 6.45) is 1.10. The van der Waals surface area contributed by atoms with Gasteiger partial charge in [0.25, 0.3) is 0 Å². The van der Waals surface area contributed by atoms with Crippen LogP contribution >= 0.6 is 0 Å². The Morgan fingerprint density at radius 3 is 2.57 bits per heavy atom. The van der Waals surface area contributed by atoms with Gasteiger partial charge in [0.15, 0.2) is 9.84 Å². The maximum absolute atomic E-state index is 12.5. The van der Waals surface area contributed by atoms with Gasteiger partial charge in [-0.1, -0.05) is 30.3 Å². The summed E-state index contributed by atoms with van der Waals surface area (Å²) in [6, 6.07) is 9.51. The summed E-state index contributed by atoms with van der Waals surface area (Å²) in [5.74, 6) is -0.136. The van der Waals surface area contributed by atoms with Crippen LogP contribution in [0.5, 0.6) is 0 Å². The molecule has 0 aliphatic carbocycles. The van der Waals surface area contributed by atoms with Gasteiger partial charge in [0.2, 0.25) is 5.91 Å². The average Bonchev–Trinajstić information content (AvgIpc) is 2.84. The molecule has 2 unspecified atom stereocenters. The third kappa shape index (κ3) is 4.04. The molecule has 1 aromatic rings. The van der Waals surface area contributed by atoms with E-state index in [1.807, 2.05) is 30.3 Å². The molecule has 2 N–H and O–H groups in total. The molecular formula is C15H22N2O3S. The van der Waals surface area contributed by atoms with Crippen molar-refractivity contribution in [1.82, 2.24) is 4.90 Å². The van der Waals surface area contributed by atoms with Crippen LogP contribution in [0.1, 0.15) is 12.0 Å². The first-order chi connectivity index (χ1) is 9.93. The second kappa shape index (κ2) is 6.58. The van der Waals surface area contributed by atoms with Crippen LogP contribution in [0.2, 0.25) is 0 Å². The molecule has 1 saturated heterocycles. The number of benzene rings is 1. The SMILES string of the molecule is CN(C(=O)C(CN)Cc1ccccc1)C1CCS(=O)(=O)C1. The third-order valence-electron chi connectivity index (χ3n) is 4.06. The Morgan fingerprint density at radius 1 is 1.38 bits per heavy atom. The van der Waals surface area contributed by atoms with Gasteiger partial charge < -0.3 is 10.6 Å². The molecule has 1 amide bonds. The first-order valence-corrected chi connectivity index (χ1v) is 8.96. The molecule has 1 aromatic carbocycles. The zero-order valence-electron chi connectivity index (χ0n) is 12.2. The molecule has 0 saturated carbocycles. The number of sulfone groups is 1. The molecule has 1 fully saturated rings. The molecule has 0 radical (unpaired) electrons. The van der Waals surface area contributed by atoms with Gasteiger partial charge in [-0.15, -0.1) is 0 Å². The number of nitrogens with two attached hydrogens (primary N) is 1. The van der Waals surface area contributed by atoms with E-state index in [4.69, 9.17) is 5.73 Å². The lowest BCUT2D eigenvalue weighted by Crippen LogP contribution is -2.44. The van der Waals surface area contributed by atoms with Crippen LogP contribution < -0.4 is 5.73 Å². The van der Waals surface area contributed by atoms with Crippen LogP contribution in [-0.2, 0) is 21.1 Å². The van der Waals surface area contributed by atoms with Crippen molar-refractivity contribution in [3.8, 4) is 0 Å². The summed E-state index contributed by atoms with van der Waals surface area (Å²) < 4.78 is 23.1. The van der Waals surface area contributed by atoms with E-state index in [9.17, 15) is 13.2 Å². The second-order valence-electron chi connectivity index (χ2n) is 5.63. The van der Waals surface area contributed by atoms with Crippen molar-refractivity contribution in [2.24, 2.45) is 11.7 Å². The van der Waals surface area contributed by atoms with Crippen LogP contribution in [0.15, 0.2) is 30.3 Å². The molecule has 5 nitrogen and oxygen atoms in total. The minimum Gasteiger partial charge on any atom is -0.341 e. The largest absolute Gasteiger partial charge is 0.341 e. The Balaban J connectivity index is 2.03. The molecule has 21 heavy (non-hydrogen) atoms. The number of rotatable bonds is 5. The van der Waals surface area contributed by atoms with Crippen LogP contribution in [-0.4, -0.2) is 50.4 Å². The zero-order chi connectivity index (χ0) is 15.5. The molecule has 6 heteroatoms. The van der Waals surface area contributed by atoms with Gasteiger partial charge in [0, 0.05) is 19.6 Å². The minimum absolute atomic E-state index is 0.0662. The summed E-state index contributed by atoms with van der Waals surface area (Å²) in [6.45, 7) is 0.261. The van der Waals surface area contributed by atoms with Crippen LogP contribution in [0, 0.1) is 5.92 Å². The normalized spacial score (nSPS) is 21.9. The monoisotopic (exact) mass is 310 g/mol. The molecule has 0 aromatic heterocycles. The van der Waals surface area contributed by atoms with E-state index in [2.05, 4.69) is 0 Å². The fourth-order valence-electron chi connectivity index (χ4n) is 2.72. The van der Waals surface area contributed by atoms with E-state index in [1.54, 1.807) is 11.9 Å².